The number of nitrogens with one attached hydrogen (secondary N) is 1. The number of nitrogens with zero attached hydrogens (tertiary/aromatic N) is 1. The van der Waals surface area contributed by atoms with E-state index in [1.165, 1.54) is 12.7 Å². The summed E-state index contributed by atoms with van der Waals surface area (Å²) in [6.07, 6.45) is 4.56. The summed E-state index contributed by atoms with van der Waals surface area (Å²) in [5, 5.41) is 2.94. The SMILES string of the molecule is COC(=O)N1CCC(NC(=O)CC=Cc2ccc(C)cc2)C1. The van der Waals surface area contributed by atoms with Gasteiger partial charge in [-0.2, -0.15) is 0 Å². The molecule has 1 atom stereocenters. The predicted octanol–water partition coefficient (Wildman–Crippen LogP) is 2.36. The molecule has 118 valence electrons. The average molecular weight is 302 g/mol. The fourth-order valence-electron chi connectivity index (χ4n) is 2.44. The van der Waals surface area contributed by atoms with Gasteiger partial charge in [-0.05, 0) is 18.9 Å². The zero-order valence-electron chi connectivity index (χ0n) is 13.0. The highest BCUT2D eigenvalue weighted by molar-refractivity contribution is 5.79. The Hall–Kier alpha value is -2.30. The van der Waals surface area contributed by atoms with Crippen molar-refractivity contribution in [2.24, 2.45) is 0 Å². The van der Waals surface area contributed by atoms with Crippen LogP contribution in [0.2, 0.25) is 0 Å². The second-order valence-electron chi connectivity index (χ2n) is 5.49. The summed E-state index contributed by atoms with van der Waals surface area (Å²) in [5.74, 6) is -0.0277. The van der Waals surface area contributed by atoms with Gasteiger partial charge in [-0.25, -0.2) is 4.79 Å². The maximum Gasteiger partial charge on any atom is 0.409 e. The van der Waals surface area contributed by atoms with Gasteiger partial charge in [0.2, 0.25) is 5.91 Å². The number of rotatable bonds is 4. The molecule has 0 bridgehead atoms. The van der Waals surface area contributed by atoms with Crippen molar-refractivity contribution in [2.75, 3.05) is 20.2 Å². The lowest BCUT2D eigenvalue weighted by Gasteiger charge is -2.15. The third-order valence-electron chi connectivity index (χ3n) is 3.68. The van der Waals surface area contributed by atoms with Crippen molar-refractivity contribution in [3.8, 4) is 0 Å². The molecule has 0 aromatic heterocycles. The summed E-state index contributed by atoms with van der Waals surface area (Å²) in [6.45, 7) is 3.18. The molecule has 1 heterocycles. The van der Waals surface area contributed by atoms with Gasteiger partial charge >= 0.3 is 6.09 Å². The molecular formula is C17H22N2O3. The van der Waals surface area contributed by atoms with Crippen LogP contribution in [0, 0.1) is 6.92 Å². The number of aryl methyl sites for hydroxylation is 1. The Balaban J connectivity index is 1.74. The molecule has 0 spiro atoms. The Kier molecular flexibility index (Phi) is 5.58. The van der Waals surface area contributed by atoms with Crippen LogP contribution in [-0.2, 0) is 9.53 Å². The number of benzene rings is 1. The smallest absolute Gasteiger partial charge is 0.409 e. The third-order valence-corrected chi connectivity index (χ3v) is 3.68. The minimum atomic E-state index is -0.337. The van der Waals surface area contributed by atoms with Crippen LogP contribution in [0.25, 0.3) is 6.08 Å². The van der Waals surface area contributed by atoms with Crippen LogP contribution in [0.5, 0.6) is 0 Å². The van der Waals surface area contributed by atoms with Crippen molar-refractivity contribution < 1.29 is 14.3 Å². The van der Waals surface area contributed by atoms with E-state index in [9.17, 15) is 9.59 Å². The summed E-state index contributed by atoms with van der Waals surface area (Å²) < 4.78 is 4.67. The molecule has 1 aromatic carbocycles. The summed E-state index contributed by atoms with van der Waals surface area (Å²) in [6, 6.07) is 8.14. The van der Waals surface area contributed by atoms with Crippen molar-refractivity contribution in [3.63, 3.8) is 0 Å². The highest BCUT2D eigenvalue weighted by Crippen LogP contribution is 2.10. The zero-order valence-corrected chi connectivity index (χ0v) is 13.0. The van der Waals surface area contributed by atoms with Crippen molar-refractivity contribution in [2.45, 2.75) is 25.8 Å². The second-order valence-corrected chi connectivity index (χ2v) is 5.49. The second kappa shape index (κ2) is 7.64. The van der Waals surface area contributed by atoms with Gasteiger partial charge in [-0.3, -0.25) is 4.79 Å². The van der Waals surface area contributed by atoms with E-state index in [1.807, 2.05) is 43.3 Å². The number of hydrogen-bond acceptors (Lipinski definition) is 3. The van der Waals surface area contributed by atoms with E-state index in [1.54, 1.807) is 4.90 Å². The highest BCUT2D eigenvalue weighted by atomic mass is 16.5. The topological polar surface area (TPSA) is 58.6 Å². The standard InChI is InChI=1S/C17H22N2O3/c1-13-6-8-14(9-7-13)4-3-5-16(20)18-15-10-11-19(12-15)17(21)22-2/h3-4,6-9,15H,5,10-12H2,1-2H3,(H,18,20). The molecular weight excluding hydrogens is 280 g/mol. The monoisotopic (exact) mass is 302 g/mol. The zero-order chi connectivity index (χ0) is 15.9. The fraction of sp³-hybridized carbons (Fsp3) is 0.412. The molecule has 1 N–H and O–H groups in total. The van der Waals surface area contributed by atoms with E-state index >= 15 is 0 Å². The number of ether oxygens (including phenoxy) is 1. The van der Waals surface area contributed by atoms with Crippen molar-refractivity contribution in [1.82, 2.24) is 10.2 Å². The van der Waals surface area contributed by atoms with Gasteiger partial charge in [0.15, 0.2) is 0 Å². The first kappa shape index (κ1) is 16.1. The first-order chi connectivity index (χ1) is 10.6. The maximum absolute atomic E-state index is 11.9. The summed E-state index contributed by atoms with van der Waals surface area (Å²) in [4.78, 5) is 24.9. The Labute approximate surface area is 130 Å². The molecule has 5 heteroatoms. The first-order valence-electron chi connectivity index (χ1n) is 7.44. The Morgan fingerprint density at radius 3 is 2.77 bits per heavy atom. The molecule has 0 aliphatic carbocycles. The molecule has 0 saturated carbocycles. The van der Waals surface area contributed by atoms with Crippen LogP contribution in [0.4, 0.5) is 4.79 Å². The van der Waals surface area contributed by atoms with Gasteiger partial charge in [0.05, 0.1) is 7.11 Å². The molecule has 5 nitrogen and oxygen atoms in total. The average Bonchev–Trinajstić information content (AvgIpc) is 2.97. The third kappa shape index (κ3) is 4.62. The molecule has 1 aliphatic rings. The normalized spacial score (nSPS) is 17.7. The molecule has 1 unspecified atom stereocenters. The maximum atomic E-state index is 11.9. The number of amides is 2. The summed E-state index contributed by atoms with van der Waals surface area (Å²) in [5.41, 5.74) is 2.29. The lowest BCUT2D eigenvalue weighted by atomic mass is 10.1. The van der Waals surface area contributed by atoms with Crippen LogP contribution in [0.1, 0.15) is 24.0 Å². The van der Waals surface area contributed by atoms with Crippen LogP contribution >= 0.6 is 0 Å². The minimum absolute atomic E-state index is 0.0133. The molecule has 1 saturated heterocycles. The molecule has 1 fully saturated rings. The lowest BCUT2D eigenvalue weighted by molar-refractivity contribution is -0.120. The van der Waals surface area contributed by atoms with Crippen LogP contribution in [-0.4, -0.2) is 43.1 Å². The van der Waals surface area contributed by atoms with Crippen molar-refractivity contribution in [1.29, 1.82) is 0 Å². The van der Waals surface area contributed by atoms with Crippen molar-refractivity contribution >= 4 is 18.1 Å². The number of likely N-dealkylation sites (tertiary alicyclic amines) is 1. The molecule has 22 heavy (non-hydrogen) atoms. The van der Waals surface area contributed by atoms with E-state index in [0.29, 0.717) is 19.5 Å². The quantitative estimate of drug-likeness (QED) is 0.929. The summed E-state index contributed by atoms with van der Waals surface area (Å²) in [7, 11) is 1.37. The summed E-state index contributed by atoms with van der Waals surface area (Å²) >= 11 is 0. The van der Waals surface area contributed by atoms with Gasteiger partial charge < -0.3 is 15.0 Å². The van der Waals surface area contributed by atoms with Gasteiger partial charge in [0.1, 0.15) is 0 Å². The van der Waals surface area contributed by atoms with Crippen LogP contribution in [0.3, 0.4) is 0 Å². The molecule has 2 rings (SSSR count). The number of carbonyl (C=O) groups is 2. The van der Waals surface area contributed by atoms with E-state index in [2.05, 4.69) is 10.1 Å². The number of methoxy groups -OCH3 is 1. The first-order valence-corrected chi connectivity index (χ1v) is 7.44. The van der Waals surface area contributed by atoms with Crippen LogP contribution in [0.15, 0.2) is 30.3 Å². The van der Waals surface area contributed by atoms with Gasteiger partial charge in [-0.1, -0.05) is 42.0 Å². The molecule has 1 aromatic rings. The Morgan fingerprint density at radius 2 is 2.09 bits per heavy atom. The van der Waals surface area contributed by atoms with Crippen molar-refractivity contribution in [3.05, 3.63) is 41.5 Å². The van der Waals surface area contributed by atoms with Gasteiger partial charge in [0.25, 0.3) is 0 Å². The molecule has 2 amide bonds. The molecule has 0 radical (unpaired) electrons. The van der Waals surface area contributed by atoms with Gasteiger partial charge in [0, 0.05) is 25.6 Å². The van der Waals surface area contributed by atoms with E-state index in [4.69, 9.17) is 0 Å². The van der Waals surface area contributed by atoms with Crippen LogP contribution < -0.4 is 5.32 Å². The Bertz CT molecular complexity index is 552. The highest BCUT2D eigenvalue weighted by Gasteiger charge is 2.27. The minimum Gasteiger partial charge on any atom is -0.453 e. The number of hydrogen-bond donors (Lipinski definition) is 1. The number of carbonyl (C=O) groups excluding carboxylic acids is 2. The molecule has 1 aliphatic heterocycles. The van der Waals surface area contributed by atoms with Gasteiger partial charge in [-0.15, -0.1) is 0 Å². The Morgan fingerprint density at radius 1 is 1.36 bits per heavy atom. The fourth-order valence-corrected chi connectivity index (χ4v) is 2.44. The van der Waals surface area contributed by atoms with E-state index in [0.717, 1.165) is 12.0 Å². The van der Waals surface area contributed by atoms with E-state index in [-0.39, 0.29) is 18.0 Å². The predicted molar refractivity (Wildman–Crippen MR) is 85.4 cm³/mol. The largest absolute Gasteiger partial charge is 0.453 e. The van der Waals surface area contributed by atoms with E-state index < -0.39 is 0 Å². The lowest BCUT2D eigenvalue weighted by Crippen LogP contribution is -2.38.